The van der Waals surface area contributed by atoms with Gasteiger partial charge in [0, 0.05) is 11.4 Å². The fourth-order valence-electron chi connectivity index (χ4n) is 2.28. The molecule has 3 N–H and O–H groups in total. The molecule has 0 saturated carbocycles. The number of carbonyl (C=O) groups excluding carboxylic acids is 1. The Bertz CT molecular complexity index is 425. The second-order valence-corrected chi connectivity index (χ2v) is 4.96. The largest absolute Gasteiger partial charge is 0.399 e. The van der Waals surface area contributed by atoms with Crippen molar-refractivity contribution in [1.29, 1.82) is 0 Å². The number of nitrogens with zero attached hydrogens (tertiary/aromatic N) is 1. The highest BCUT2D eigenvalue weighted by molar-refractivity contribution is 5.93. The smallest absolute Gasteiger partial charge is 0.238 e. The van der Waals surface area contributed by atoms with Gasteiger partial charge in [-0.1, -0.05) is 12.5 Å². The highest BCUT2D eigenvalue weighted by Crippen LogP contribution is 2.18. The highest BCUT2D eigenvalue weighted by atomic mass is 16.2. The summed E-state index contributed by atoms with van der Waals surface area (Å²) in [6.07, 6.45) is 3.68. The molecular formula is C14H21N3O. The molecular weight excluding hydrogens is 226 g/mol. The summed E-state index contributed by atoms with van der Waals surface area (Å²) < 4.78 is 0. The van der Waals surface area contributed by atoms with Crippen LogP contribution in [0.1, 0.15) is 24.8 Å². The van der Waals surface area contributed by atoms with Crippen LogP contribution in [0.15, 0.2) is 18.2 Å². The lowest BCUT2D eigenvalue weighted by molar-refractivity contribution is -0.117. The number of benzene rings is 1. The van der Waals surface area contributed by atoms with E-state index >= 15 is 0 Å². The van der Waals surface area contributed by atoms with Gasteiger partial charge in [0.05, 0.1) is 6.54 Å². The van der Waals surface area contributed by atoms with Crippen LogP contribution in [-0.4, -0.2) is 30.4 Å². The zero-order valence-electron chi connectivity index (χ0n) is 10.9. The van der Waals surface area contributed by atoms with Crippen molar-refractivity contribution < 1.29 is 4.79 Å². The number of carbonyl (C=O) groups is 1. The summed E-state index contributed by atoms with van der Waals surface area (Å²) >= 11 is 0. The standard InChI is InChI=1S/C14H21N3O/c1-11-5-6-12(15)9-13(11)16-14(18)10-17-7-3-2-4-8-17/h5-6,9H,2-4,7-8,10,15H2,1H3,(H,16,18). The number of hydrogen-bond acceptors (Lipinski definition) is 3. The number of nitrogens with one attached hydrogen (secondary N) is 1. The van der Waals surface area contributed by atoms with E-state index in [9.17, 15) is 4.79 Å². The van der Waals surface area contributed by atoms with Crippen molar-refractivity contribution in [2.75, 3.05) is 30.7 Å². The molecule has 0 aromatic heterocycles. The third-order valence-electron chi connectivity index (χ3n) is 3.35. The summed E-state index contributed by atoms with van der Waals surface area (Å²) in [7, 11) is 0. The maximum absolute atomic E-state index is 12.0. The van der Waals surface area contributed by atoms with Crippen LogP contribution in [-0.2, 0) is 4.79 Å². The van der Waals surface area contributed by atoms with E-state index in [2.05, 4.69) is 10.2 Å². The summed E-state index contributed by atoms with van der Waals surface area (Å²) in [5.41, 5.74) is 8.26. The number of nitrogen functional groups attached to an aromatic ring is 1. The highest BCUT2D eigenvalue weighted by Gasteiger charge is 2.14. The number of rotatable bonds is 3. The lowest BCUT2D eigenvalue weighted by Gasteiger charge is -2.25. The molecule has 4 nitrogen and oxygen atoms in total. The Balaban J connectivity index is 1.92. The van der Waals surface area contributed by atoms with Crippen LogP contribution >= 0.6 is 0 Å². The normalized spacial score (nSPS) is 16.5. The Kier molecular flexibility index (Phi) is 4.20. The number of nitrogens with two attached hydrogens (primary N) is 1. The molecule has 1 heterocycles. The van der Waals surface area contributed by atoms with Gasteiger partial charge in [0.25, 0.3) is 0 Å². The fraction of sp³-hybridized carbons (Fsp3) is 0.500. The van der Waals surface area contributed by atoms with Gasteiger partial charge in [0.2, 0.25) is 5.91 Å². The zero-order chi connectivity index (χ0) is 13.0. The Hall–Kier alpha value is -1.55. The van der Waals surface area contributed by atoms with Gasteiger partial charge in [-0.3, -0.25) is 9.69 Å². The van der Waals surface area contributed by atoms with Crippen molar-refractivity contribution in [1.82, 2.24) is 4.90 Å². The molecule has 0 radical (unpaired) electrons. The second kappa shape index (κ2) is 5.87. The van der Waals surface area contributed by atoms with Crippen LogP contribution in [0.3, 0.4) is 0 Å². The summed E-state index contributed by atoms with van der Waals surface area (Å²) in [6.45, 7) is 4.51. The molecule has 4 heteroatoms. The first-order valence-corrected chi connectivity index (χ1v) is 6.53. The molecule has 0 spiro atoms. The van der Waals surface area contributed by atoms with E-state index in [4.69, 9.17) is 5.73 Å². The van der Waals surface area contributed by atoms with Crippen molar-refractivity contribution in [3.8, 4) is 0 Å². The van der Waals surface area contributed by atoms with E-state index in [0.29, 0.717) is 12.2 Å². The molecule has 1 aliphatic heterocycles. The quantitative estimate of drug-likeness (QED) is 0.803. The van der Waals surface area contributed by atoms with E-state index in [-0.39, 0.29) is 5.91 Å². The Morgan fingerprint density at radius 3 is 2.78 bits per heavy atom. The van der Waals surface area contributed by atoms with Gasteiger partial charge in [-0.2, -0.15) is 0 Å². The third-order valence-corrected chi connectivity index (χ3v) is 3.35. The summed E-state index contributed by atoms with van der Waals surface area (Å²) in [6, 6.07) is 5.57. The molecule has 1 fully saturated rings. The van der Waals surface area contributed by atoms with Gasteiger partial charge in [-0.15, -0.1) is 0 Å². The first-order chi connectivity index (χ1) is 8.65. The van der Waals surface area contributed by atoms with Gasteiger partial charge in [-0.25, -0.2) is 0 Å². The minimum atomic E-state index is 0.0469. The van der Waals surface area contributed by atoms with Crippen molar-refractivity contribution in [3.63, 3.8) is 0 Å². The number of amides is 1. The summed E-state index contributed by atoms with van der Waals surface area (Å²) in [5, 5.41) is 2.94. The lowest BCUT2D eigenvalue weighted by Crippen LogP contribution is -2.36. The molecule has 18 heavy (non-hydrogen) atoms. The number of likely N-dealkylation sites (tertiary alicyclic amines) is 1. The second-order valence-electron chi connectivity index (χ2n) is 4.96. The van der Waals surface area contributed by atoms with Crippen LogP contribution in [0.5, 0.6) is 0 Å². The van der Waals surface area contributed by atoms with Crippen molar-refractivity contribution in [3.05, 3.63) is 23.8 Å². The summed E-state index contributed by atoms with van der Waals surface area (Å²) in [5.74, 6) is 0.0469. The summed E-state index contributed by atoms with van der Waals surface area (Å²) in [4.78, 5) is 14.2. The minimum Gasteiger partial charge on any atom is -0.399 e. The van der Waals surface area contributed by atoms with E-state index in [0.717, 1.165) is 24.3 Å². The molecule has 1 amide bonds. The van der Waals surface area contributed by atoms with Crippen LogP contribution in [0.4, 0.5) is 11.4 Å². The topological polar surface area (TPSA) is 58.4 Å². The fourth-order valence-corrected chi connectivity index (χ4v) is 2.28. The van der Waals surface area contributed by atoms with Gasteiger partial charge < -0.3 is 11.1 Å². The SMILES string of the molecule is Cc1ccc(N)cc1NC(=O)CN1CCCCC1. The average Bonchev–Trinajstić information content (AvgIpc) is 2.35. The van der Waals surface area contributed by atoms with Crippen molar-refractivity contribution >= 4 is 17.3 Å². The van der Waals surface area contributed by atoms with Gasteiger partial charge in [-0.05, 0) is 50.6 Å². The first-order valence-electron chi connectivity index (χ1n) is 6.53. The molecule has 0 atom stereocenters. The van der Waals surface area contributed by atoms with E-state index < -0.39 is 0 Å². The molecule has 98 valence electrons. The maximum atomic E-state index is 12.0. The maximum Gasteiger partial charge on any atom is 0.238 e. The number of hydrogen-bond donors (Lipinski definition) is 2. The molecule has 0 aliphatic carbocycles. The van der Waals surface area contributed by atoms with Crippen LogP contribution in [0, 0.1) is 6.92 Å². The van der Waals surface area contributed by atoms with E-state index in [1.165, 1.54) is 19.3 Å². The predicted octanol–water partition coefficient (Wildman–Crippen LogP) is 2.00. The van der Waals surface area contributed by atoms with Crippen LogP contribution in [0.2, 0.25) is 0 Å². The molecule has 1 aromatic rings. The monoisotopic (exact) mass is 247 g/mol. The number of anilines is 2. The molecule has 1 aliphatic rings. The van der Waals surface area contributed by atoms with Gasteiger partial charge in [0.15, 0.2) is 0 Å². The average molecular weight is 247 g/mol. The Morgan fingerprint density at radius 1 is 1.33 bits per heavy atom. The van der Waals surface area contributed by atoms with E-state index in [1.807, 2.05) is 25.1 Å². The van der Waals surface area contributed by atoms with Crippen molar-refractivity contribution in [2.24, 2.45) is 0 Å². The number of aryl methyl sites for hydroxylation is 1. The molecule has 0 bridgehead atoms. The third kappa shape index (κ3) is 3.47. The van der Waals surface area contributed by atoms with Crippen LogP contribution in [0.25, 0.3) is 0 Å². The Labute approximate surface area is 108 Å². The zero-order valence-corrected chi connectivity index (χ0v) is 10.9. The molecule has 1 aromatic carbocycles. The lowest BCUT2D eigenvalue weighted by atomic mass is 10.1. The van der Waals surface area contributed by atoms with Crippen molar-refractivity contribution in [2.45, 2.75) is 26.2 Å². The van der Waals surface area contributed by atoms with Gasteiger partial charge in [0.1, 0.15) is 0 Å². The molecule has 2 rings (SSSR count). The first kappa shape index (κ1) is 12.9. The molecule has 0 unspecified atom stereocenters. The number of piperidine rings is 1. The predicted molar refractivity (Wildman–Crippen MR) is 74.5 cm³/mol. The minimum absolute atomic E-state index is 0.0469. The molecule has 1 saturated heterocycles. The van der Waals surface area contributed by atoms with Crippen LogP contribution < -0.4 is 11.1 Å². The Morgan fingerprint density at radius 2 is 2.06 bits per heavy atom. The van der Waals surface area contributed by atoms with E-state index in [1.54, 1.807) is 0 Å². The van der Waals surface area contributed by atoms with Gasteiger partial charge >= 0.3 is 0 Å².